The van der Waals surface area contributed by atoms with Crippen LogP contribution in [0, 0.1) is 11.3 Å². The van der Waals surface area contributed by atoms with E-state index in [2.05, 4.69) is 5.32 Å². The summed E-state index contributed by atoms with van der Waals surface area (Å²) in [6.45, 7) is 0.782. The first kappa shape index (κ1) is 14.7. The van der Waals surface area contributed by atoms with Gasteiger partial charge in [-0.1, -0.05) is 12.1 Å². The molecule has 0 bridgehead atoms. The monoisotopic (exact) mass is 260 g/mol. The Kier molecular flexibility index (Phi) is 6.13. The summed E-state index contributed by atoms with van der Waals surface area (Å²) in [6.07, 6.45) is 1.53. The number of methoxy groups -OCH3 is 2. The molecule has 19 heavy (non-hydrogen) atoms. The molecule has 0 aliphatic rings. The van der Waals surface area contributed by atoms with Crippen LogP contribution in [0.3, 0.4) is 0 Å². The molecule has 1 aromatic carbocycles. The summed E-state index contributed by atoms with van der Waals surface area (Å²) in [6, 6.07) is 8.97. The van der Waals surface area contributed by atoms with Crippen molar-refractivity contribution in [2.75, 3.05) is 27.4 Å². The van der Waals surface area contributed by atoms with E-state index in [9.17, 15) is 4.79 Å². The van der Waals surface area contributed by atoms with Crippen molar-refractivity contribution in [3.8, 4) is 11.8 Å². The SMILES string of the molecule is COCCNC(=O)/C(C#N)=C/c1ccc(OC)cc1. The lowest BCUT2D eigenvalue weighted by Gasteiger charge is -2.03. The van der Waals surface area contributed by atoms with Crippen LogP contribution >= 0.6 is 0 Å². The van der Waals surface area contributed by atoms with Gasteiger partial charge in [0, 0.05) is 13.7 Å². The molecular weight excluding hydrogens is 244 g/mol. The van der Waals surface area contributed by atoms with Crippen molar-refractivity contribution >= 4 is 12.0 Å². The number of carbonyl (C=O) groups excluding carboxylic acids is 1. The van der Waals surface area contributed by atoms with Crippen molar-refractivity contribution in [1.29, 1.82) is 5.26 Å². The van der Waals surface area contributed by atoms with Crippen molar-refractivity contribution in [3.63, 3.8) is 0 Å². The molecule has 0 aliphatic carbocycles. The second-order valence-corrected chi connectivity index (χ2v) is 3.69. The van der Waals surface area contributed by atoms with Crippen LogP contribution in [-0.4, -0.2) is 33.3 Å². The standard InChI is InChI=1S/C14H16N2O3/c1-18-8-7-16-14(17)12(10-15)9-11-3-5-13(19-2)6-4-11/h3-6,9H,7-8H2,1-2H3,(H,16,17)/b12-9+. The van der Waals surface area contributed by atoms with E-state index >= 15 is 0 Å². The molecule has 0 heterocycles. The van der Waals surface area contributed by atoms with E-state index in [1.165, 1.54) is 6.08 Å². The highest BCUT2D eigenvalue weighted by Gasteiger charge is 2.07. The van der Waals surface area contributed by atoms with E-state index in [0.717, 1.165) is 11.3 Å². The van der Waals surface area contributed by atoms with Gasteiger partial charge in [0.15, 0.2) is 0 Å². The number of benzene rings is 1. The molecule has 0 fully saturated rings. The molecule has 0 aliphatic heterocycles. The fourth-order valence-corrected chi connectivity index (χ4v) is 1.38. The zero-order valence-electron chi connectivity index (χ0n) is 11.0. The van der Waals surface area contributed by atoms with Crippen LogP contribution in [0.1, 0.15) is 5.56 Å². The molecular formula is C14H16N2O3. The number of nitrogens with one attached hydrogen (secondary N) is 1. The number of hydrogen-bond acceptors (Lipinski definition) is 4. The maximum absolute atomic E-state index is 11.7. The molecule has 0 unspecified atom stereocenters. The number of ether oxygens (including phenoxy) is 2. The maximum Gasteiger partial charge on any atom is 0.262 e. The van der Waals surface area contributed by atoms with Gasteiger partial charge in [0.05, 0.1) is 13.7 Å². The Morgan fingerprint density at radius 2 is 2.05 bits per heavy atom. The number of rotatable bonds is 6. The average molecular weight is 260 g/mol. The highest BCUT2D eigenvalue weighted by molar-refractivity contribution is 6.01. The van der Waals surface area contributed by atoms with E-state index in [1.54, 1.807) is 38.5 Å². The topological polar surface area (TPSA) is 71.3 Å². The second-order valence-electron chi connectivity index (χ2n) is 3.69. The van der Waals surface area contributed by atoms with Gasteiger partial charge in [0.2, 0.25) is 0 Å². The molecule has 0 radical (unpaired) electrons. The van der Waals surface area contributed by atoms with Gasteiger partial charge < -0.3 is 14.8 Å². The Morgan fingerprint density at radius 1 is 1.37 bits per heavy atom. The van der Waals surface area contributed by atoms with E-state index in [0.29, 0.717) is 13.2 Å². The molecule has 5 heteroatoms. The largest absolute Gasteiger partial charge is 0.497 e. The summed E-state index contributed by atoms with van der Waals surface area (Å²) >= 11 is 0. The summed E-state index contributed by atoms with van der Waals surface area (Å²) in [7, 11) is 3.12. The average Bonchev–Trinajstić information content (AvgIpc) is 2.45. The van der Waals surface area contributed by atoms with Gasteiger partial charge >= 0.3 is 0 Å². The molecule has 5 nitrogen and oxygen atoms in total. The summed E-state index contributed by atoms with van der Waals surface area (Å²) in [5, 5.41) is 11.6. The van der Waals surface area contributed by atoms with Gasteiger partial charge in [0.25, 0.3) is 5.91 Å². The Hall–Kier alpha value is -2.32. The molecule has 0 saturated carbocycles. The molecule has 1 rings (SSSR count). The lowest BCUT2D eigenvalue weighted by atomic mass is 10.1. The number of hydrogen-bond donors (Lipinski definition) is 1. The zero-order chi connectivity index (χ0) is 14.1. The lowest BCUT2D eigenvalue weighted by molar-refractivity contribution is -0.117. The normalized spacial score (nSPS) is 10.7. The predicted octanol–water partition coefficient (Wildman–Crippen LogP) is 1.36. The van der Waals surface area contributed by atoms with Crippen LogP contribution in [-0.2, 0) is 9.53 Å². The predicted molar refractivity (Wildman–Crippen MR) is 71.5 cm³/mol. The molecule has 1 N–H and O–H groups in total. The summed E-state index contributed by atoms with van der Waals surface area (Å²) in [5.74, 6) is 0.315. The van der Waals surface area contributed by atoms with E-state index < -0.39 is 5.91 Å². The molecule has 0 aromatic heterocycles. The highest BCUT2D eigenvalue weighted by atomic mass is 16.5. The third-order valence-corrected chi connectivity index (χ3v) is 2.38. The first-order valence-corrected chi connectivity index (χ1v) is 5.74. The van der Waals surface area contributed by atoms with Crippen molar-refractivity contribution in [3.05, 3.63) is 35.4 Å². The van der Waals surface area contributed by atoms with Crippen LogP contribution in [0.25, 0.3) is 6.08 Å². The highest BCUT2D eigenvalue weighted by Crippen LogP contribution is 2.13. The first-order chi connectivity index (χ1) is 9.21. The maximum atomic E-state index is 11.7. The van der Waals surface area contributed by atoms with Gasteiger partial charge in [-0.15, -0.1) is 0 Å². The molecule has 1 aromatic rings. The van der Waals surface area contributed by atoms with Gasteiger partial charge in [-0.05, 0) is 23.8 Å². The Bertz CT molecular complexity index is 486. The van der Waals surface area contributed by atoms with Gasteiger partial charge in [-0.25, -0.2) is 0 Å². The molecule has 0 spiro atoms. The van der Waals surface area contributed by atoms with E-state index in [4.69, 9.17) is 14.7 Å². The number of nitriles is 1. The Labute approximate surface area is 112 Å². The smallest absolute Gasteiger partial charge is 0.262 e. The van der Waals surface area contributed by atoms with Crippen LogP contribution in [0.2, 0.25) is 0 Å². The van der Waals surface area contributed by atoms with Gasteiger partial charge in [-0.2, -0.15) is 5.26 Å². The number of nitrogens with zero attached hydrogens (tertiary/aromatic N) is 1. The third kappa shape index (κ3) is 4.82. The van der Waals surface area contributed by atoms with Crippen LogP contribution < -0.4 is 10.1 Å². The minimum absolute atomic E-state index is 0.0567. The minimum atomic E-state index is -0.407. The van der Waals surface area contributed by atoms with Gasteiger partial charge in [-0.3, -0.25) is 4.79 Å². The van der Waals surface area contributed by atoms with Crippen molar-refractivity contribution < 1.29 is 14.3 Å². The third-order valence-electron chi connectivity index (χ3n) is 2.38. The van der Waals surface area contributed by atoms with Gasteiger partial charge in [0.1, 0.15) is 17.4 Å². The molecule has 100 valence electrons. The van der Waals surface area contributed by atoms with Crippen LogP contribution in [0.15, 0.2) is 29.8 Å². The summed E-state index contributed by atoms with van der Waals surface area (Å²) < 4.78 is 9.85. The van der Waals surface area contributed by atoms with Crippen LogP contribution in [0.5, 0.6) is 5.75 Å². The summed E-state index contributed by atoms with van der Waals surface area (Å²) in [4.78, 5) is 11.7. The zero-order valence-corrected chi connectivity index (χ0v) is 11.0. The van der Waals surface area contributed by atoms with Crippen molar-refractivity contribution in [2.45, 2.75) is 0 Å². The van der Waals surface area contributed by atoms with E-state index in [1.807, 2.05) is 6.07 Å². The molecule has 0 atom stereocenters. The molecule has 0 saturated heterocycles. The van der Waals surface area contributed by atoms with Crippen molar-refractivity contribution in [2.24, 2.45) is 0 Å². The summed E-state index contributed by atoms with van der Waals surface area (Å²) in [5.41, 5.74) is 0.820. The quantitative estimate of drug-likeness (QED) is 0.476. The Morgan fingerprint density at radius 3 is 2.58 bits per heavy atom. The number of amides is 1. The molecule has 1 amide bonds. The number of carbonyl (C=O) groups is 1. The fraction of sp³-hybridized carbons (Fsp3) is 0.286. The van der Waals surface area contributed by atoms with Crippen molar-refractivity contribution in [1.82, 2.24) is 5.32 Å². The lowest BCUT2D eigenvalue weighted by Crippen LogP contribution is -2.27. The Balaban J connectivity index is 2.75. The van der Waals surface area contributed by atoms with E-state index in [-0.39, 0.29) is 5.57 Å². The second kappa shape index (κ2) is 7.90. The first-order valence-electron chi connectivity index (χ1n) is 5.74. The van der Waals surface area contributed by atoms with Crippen LogP contribution in [0.4, 0.5) is 0 Å². The minimum Gasteiger partial charge on any atom is -0.497 e. The fourth-order valence-electron chi connectivity index (χ4n) is 1.38.